The third kappa shape index (κ3) is 6.26. The van der Waals surface area contributed by atoms with Crippen molar-refractivity contribution < 1.29 is 50.4 Å². The molecule has 2 amide bonds. The van der Waals surface area contributed by atoms with Crippen LogP contribution in [0.5, 0.6) is 5.75 Å². The van der Waals surface area contributed by atoms with Crippen LogP contribution in [-0.2, 0) is 25.7 Å². The maximum atomic E-state index is 12.0. The standard InChI is InChI=1S/C18H25N3O10/c1-20-18(28)29-7-8-2-3-10(9(6-8)21-11(22)4-5-19)30-17-14(25)12(23)13(24)15(31-17)16(26)27/h2-3,6,12-15,17,23-25H,4-5,7,19H2,1H3,(H,20,28)(H,21,22)(H,26,27)/t12-,13-,14+,15-,17-/m0/s1/i/hD. The van der Waals surface area contributed by atoms with E-state index in [2.05, 4.69) is 5.32 Å². The number of aliphatic hydroxyl groups excluding tert-OH is 3. The molecule has 8 N–H and O–H groups in total. The average molecular weight is 444 g/mol. The molecule has 0 saturated carbocycles. The number of benzene rings is 1. The van der Waals surface area contributed by atoms with Crippen molar-refractivity contribution in [1.29, 1.82) is 0 Å². The summed E-state index contributed by atoms with van der Waals surface area (Å²) in [6.45, 7) is -0.180. The molecule has 0 bridgehead atoms. The van der Waals surface area contributed by atoms with Gasteiger partial charge in [-0.25, -0.2) is 9.59 Å². The predicted molar refractivity (Wildman–Crippen MR) is 103 cm³/mol. The van der Waals surface area contributed by atoms with Crippen LogP contribution < -0.4 is 21.1 Å². The lowest BCUT2D eigenvalue weighted by Gasteiger charge is -2.38. The zero-order valence-corrected chi connectivity index (χ0v) is 16.5. The Hall–Kier alpha value is -2.97. The molecule has 2 rings (SSSR count). The molecule has 1 aliphatic rings. The van der Waals surface area contributed by atoms with Crippen molar-refractivity contribution in [3.05, 3.63) is 23.8 Å². The number of aliphatic carboxylic acids is 1. The summed E-state index contributed by atoms with van der Waals surface area (Å²) in [5.74, 6) is -2.13. The molecule has 1 aromatic rings. The van der Waals surface area contributed by atoms with Gasteiger partial charge in [0.05, 0.1) is 5.69 Å². The highest BCUT2D eigenvalue weighted by Gasteiger charge is 2.48. The topological polar surface area (TPSA) is 210 Å². The van der Waals surface area contributed by atoms with E-state index >= 15 is 0 Å². The van der Waals surface area contributed by atoms with Gasteiger partial charge in [0.2, 0.25) is 12.2 Å². The zero-order valence-electron chi connectivity index (χ0n) is 17.5. The summed E-state index contributed by atoms with van der Waals surface area (Å²) in [6, 6.07) is 4.16. The molecule has 0 aromatic heterocycles. The quantitative estimate of drug-likeness (QED) is 0.235. The number of amides is 2. The maximum absolute atomic E-state index is 12.0. The second kappa shape index (κ2) is 10.9. The Balaban J connectivity index is 2.27. The summed E-state index contributed by atoms with van der Waals surface area (Å²) in [4.78, 5) is 34.7. The van der Waals surface area contributed by atoms with Crippen LogP contribution in [0.1, 0.15) is 12.0 Å². The van der Waals surface area contributed by atoms with Gasteiger partial charge in [-0.3, -0.25) is 4.79 Å². The molecule has 0 radical (unpaired) electrons. The van der Waals surface area contributed by atoms with Crippen molar-refractivity contribution in [2.75, 3.05) is 18.9 Å². The van der Waals surface area contributed by atoms with Crippen LogP contribution >= 0.6 is 0 Å². The van der Waals surface area contributed by atoms with Crippen LogP contribution in [0.2, 0.25) is 1.41 Å². The van der Waals surface area contributed by atoms with Crippen LogP contribution in [0, 0.1) is 0 Å². The first kappa shape index (κ1) is 22.7. The first-order chi connectivity index (χ1) is 15.0. The summed E-state index contributed by atoms with van der Waals surface area (Å²) in [6.07, 6.45) is -10.1. The van der Waals surface area contributed by atoms with Crippen LogP contribution in [0.3, 0.4) is 0 Å². The lowest BCUT2D eigenvalue weighted by atomic mass is 9.99. The highest BCUT2D eigenvalue weighted by molar-refractivity contribution is 5.92. The van der Waals surface area contributed by atoms with E-state index in [9.17, 15) is 29.7 Å². The van der Waals surface area contributed by atoms with Crippen molar-refractivity contribution in [3.63, 3.8) is 0 Å². The van der Waals surface area contributed by atoms with E-state index in [1.807, 2.05) is 0 Å². The fraction of sp³-hybridized carbons (Fsp3) is 0.500. The molecule has 1 heterocycles. The third-order valence-electron chi connectivity index (χ3n) is 4.29. The minimum absolute atomic E-state index is 0.0309. The van der Waals surface area contributed by atoms with Gasteiger partial charge < -0.3 is 51.0 Å². The molecule has 1 aliphatic heterocycles. The Labute approximate surface area is 178 Å². The van der Waals surface area contributed by atoms with Crippen LogP contribution in [0.4, 0.5) is 10.5 Å². The van der Waals surface area contributed by atoms with Crippen molar-refractivity contribution in [2.45, 2.75) is 43.7 Å². The molecule has 13 nitrogen and oxygen atoms in total. The van der Waals surface area contributed by atoms with Crippen molar-refractivity contribution in [1.82, 2.24) is 5.31 Å². The number of nitrogens with one attached hydrogen (secondary N) is 2. The highest BCUT2D eigenvalue weighted by atomic mass is 16.7. The largest absolute Gasteiger partial charge is 0.479 e. The molecule has 1 aromatic carbocycles. The average Bonchev–Trinajstić information content (AvgIpc) is 2.73. The molecule has 0 unspecified atom stereocenters. The number of anilines is 1. The predicted octanol–water partition coefficient (Wildman–Crippen LogP) is -1.90. The number of rotatable bonds is 8. The highest BCUT2D eigenvalue weighted by Crippen LogP contribution is 2.31. The molecular formula is C18H25N3O10. The third-order valence-corrected chi connectivity index (χ3v) is 4.29. The summed E-state index contributed by atoms with van der Waals surface area (Å²) in [7, 11) is 1.18. The van der Waals surface area contributed by atoms with E-state index in [1.165, 1.54) is 25.2 Å². The number of nitrogens with two attached hydrogens (primary N) is 1. The minimum Gasteiger partial charge on any atom is -0.479 e. The SMILES string of the molecule is [2H]N(C)C(=O)OCc1ccc(O[C@H]2O[C@H](C(=O)O)[C@@H](O)[C@H](O)[C@H]2O)c(NC(=O)CCN)c1. The second-order valence-electron chi connectivity index (χ2n) is 6.55. The Morgan fingerprint density at radius 3 is 2.55 bits per heavy atom. The first-order valence-electron chi connectivity index (χ1n) is 9.61. The maximum Gasteiger partial charge on any atom is 0.407 e. The number of aliphatic hydroxyl groups is 3. The number of carboxylic acids is 1. The van der Waals surface area contributed by atoms with Gasteiger partial charge in [-0.2, -0.15) is 0 Å². The van der Waals surface area contributed by atoms with Gasteiger partial charge in [-0.05, 0) is 17.7 Å². The fourth-order valence-corrected chi connectivity index (χ4v) is 2.70. The number of carbonyl (C=O) groups is 3. The molecule has 1 fully saturated rings. The van der Waals surface area contributed by atoms with E-state index < -0.39 is 48.7 Å². The lowest BCUT2D eigenvalue weighted by Crippen LogP contribution is -2.61. The van der Waals surface area contributed by atoms with E-state index in [-0.39, 0.29) is 31.0 Å². The van der Waals surface area contributed by atoms with Gasteiger partial charge in [-0.1, -0.05) is 6.07 Å². The molecular weight excluding hydrogens is 418 g/mol. The van der Waals surface area contributed by atoms with E-state index in [1.54, 1.807) is 0 Å². The number of hydrogen-bond donors (Lipinski definition) is 7. The van der Waals surface area contributed by atoms with E-state index in [0.717, 1.165) is 0 Å². The van der Waals surface area contributed by atoms with Gasteiger partial charge in [0.1, 0.15) is 30.7 Å². The molecule has 0 spiro atoms. The lowest BCUT2D eigenvalue weighted by molar-refractivity contribution is -0.271. The van der Waals surface area contributed by atoms with Crippen molar-refractivity contribution >= 4 is 23.7 Å². The number of carboxylic acid groups (broad SMARTS) is 1. The number of alkyl carbamates (subject to hydrolysis) is 1. The van der Waals surface area contributed by atoms with Crippen molar-refractivity contribution in [2.24, 2.45) is 5.73 Å². The van der Waals surface area contributed by atoms with E-state index in [0.29, 0.717) is 10.9 Å². The summed E-state index contributed by atoms with van der Waals surface area (Å²) in [5.41, 5.74) is 5.83. The molecule has 172 valence electrons. The van der Waals surface area contributed by atoms with Gasteiger partial charge in [0, 0.05) is 20.0 Å². The van der Waals surface area contributed by atoms with Crippen molar-refractivity contribution in [3.8, 4) is 5.75 Å². The molecule has 5 atom stereocenters. The molecule has 31 heavy (non-hydrogen) atoms. The zero-order chi connectivity index (χ0) is 24.0. The van der Waals surface area contributed by atoms with Gasteiger partial charge >= 0.3 is 12.1 Å². The summed E-state index contributed by atoms with van der Waals surface area (Å²) >= 11 is 0. The Kier molecular flexibility index (Phi) is 7.97. The molecule has 0 aliphatic carbocycles. The van der Waals surface area contributed by atoms with Crippen LogP contribution in [0.15, 0.2) is 18.2 Å². The minimum atomic E-state index is -1.89. The number of ether oxygens (including phenoxy) is 3. The Morgan fingerprint density at radius 1 is 1.23 bits per heavy atom. The summed E-state index contributed by atoms with van der Waals surface area (Å²) in [5, 5.41) is 42.0. The summed E-state index contributed by atoms with van der Waals surface area (Å²) < 4.78 is 22.6. The van der Waals surface area contributed by atoms with Crippen LogP contribution in [-0.4, -0.2) is 82.7 Å². The van der Waals surface area contributed by atoms with Gasteiger partial charge in [-0.15, -0.1) is 0 Å². The molecule has 13 heteroatoms. The number of hydrogen-bond acceptors (Lipinski definition) is 10. The van der Waals surface area contributed by atoms with Gasteiger partial charge in [0.25, 0.3) is 0 Å². The monoisotopic (exact) mass is 444 g/mol. The van der Waals surface area contributed by atoms with E-state index in [4.69, 9.17) is 26.5 Å². The van der Waals surface area contributed by atoms with Crippen LogP contribution in [0.25, 0.3) is 0 Å². The fourth-order valence-electron chi connectivity index (χ4n) is 2.70. The Morgan fingerprint density at radius 2 is 1.94 bits per heavy atom. The normalized spacial score (nSPS) is 25.8. The smallest absolute Gasteiger partial charge is 0.407 e. The Bertz CT molecular complexity index is 839. The first-order valence-corrected chi connectivity index (χ1v) is 9.16. The number of carbonyl (C=O) groups excluding carboxylic acids is 2. The molecule has 1 saturated heterocycles. The van der Waals surface area contributed by atoms with Gasteiger partial charge in [0.15, 0.2) is 7.52 Å². The second-order valence-corrected chi connectivity index (χ2v) is 6.55.